The number of hydrogen-bond acceptors (Lipinski definition) is 3. The van der Waals surface area contributed by atoms with E-state index in [0.29, 0.717) is 11.1 Å². The second-order valence-corrected chi connectivity index (χ2v) is 5.42. The molecule has 0 radical (unpaired) electrons. The molecule has 21 heavy (non-hydrogen) atoms. The molecule has 2 aromatic carbocycles. The molecule has 0 saturated heterocycles. The molecule has 3 rings (SSSR count). The van der Waals surface area contributed by atoms with Crippen LogP contribution in [0.3, 0.4) is 0 Å². The molecule has 0 fully saturated rings. The van der Waals surface area contributed by atoms with Gasteiger partial charge in [-0.3, -0.25) is 0 Å². The van der Waals surface area contributed by atoms with Crippen molar-refractivity contribution < 1.29 is 9.62 Å². The molecule has 0 unspecified atom stereocenters. The van der Waals surface area contributed by atoms with Gasteiger partial charge in [-0.05, 0) is 38.0 Å². The third kappa shape index (κ3) is 2.42. The highest BCUT2D eigenvalue weighted by molar-refractivity contribution is 5.82. The SMILES string of the molecule is Cc1ccc(-c2cc(=NO)c3cc(C)cc(C)c3o2)cc1. The molecule has 1 heterocycles. The predicted molar refractivity (Wildman–Crippen MR) is 83.2 cm³/mol. The van der Waals surface area contributed by atoms with Crippen LogP contribution in [0.15, 0.2) is 52.0 Å². The Morgan fingerprint density at radius 1 is 0.905 bits per heavy atom. The van der Waals surface area contributed by atoms with Gasteiger partial charge in [-0.25, -0.2) is 0 Å². The van der Waals surface area contributed by atoms with Crippen LogP contribution in [0.4, 0.5) is 0 Å². The second kappa shape index (κ2) is 5.09. The van der Waals surface area contributed by atoms with Gasteiger partial charge in [-0.2, -0.15) is 0 Å². The Kier molecular flexibility index (Phi) is 3.26. The van der Waals surface area contributed by atoms with Crippen molar-refractivity contribution in [3.63, 3.8) is 0 Å². The van der Waals surface area contributed by atoms with Crippen LogP contribution < -0.4 is 5.36 Å². The Balaban J connectivity index is 2.34. The lowest BCUT2D eigenvalue weighted by atomic mass is 10.1. The molecule has 0 saturated carbocycles. The molecule has 3 aromatic rings. The van der Waals surface area contributed by atoms with Crippen molar-refractivity contribution in [1.82, 2.24) is 0 Å². The zero-order valence-corrected chi connectivity index (χ0v) is 12.3. The van der Waals surface area contributed by atoms with Gasteiger partial charge in [0.2, 0.25) is 0 Å². The monoisotopic (exact) mass is 279 g/mol. The van der Waals surface area contributed by atoms with Gasteiger partial charge in [-0.1, -0.05) is 41.1 Å². The molecule has 3 heteroatoms. The summed E-state index contributed by atoms with van der Waals surface area (Å²) in [5.74, 6) is 0.697. The minimum Gasteiger partial charge on any atom is -0.456 e. The van der Waals surface area contributed by atoms with E-state index in [9.17, 15) is 5.21 Å². The predicted octanol–water partition coefficient (Wildman–Crippen LogP) is 4.31. The minimum atomic E-state index is 0.527. The van der Waals surface area contributed by atoms with E-state index in [1.54, 1.807) is 6.07 Å². The average Bonchev–Trinajstić information content (AvgIpc) is 2.47. The molecule has 106 valence electrons. The largest absolute Gasteiger partial charge is 0.456 e. The van der Waals surface area contributed by atoms with Crippen LogP contribution in [-0.2, 0) is 0 Å². The molecule has 0 aliphatic carbocycles. The second-order valence-electron chi connectivity index (χ2n) is 5.42. The highest BCUT2D eigenvalue weighted by Gasteiger charge is 2.09. The maximum Gasteiger partial charge on any atom is 0.139 e. The van der Waals surface area contributed by atoms with E-state index in [1.165, 1.54) is 5.56 Å². The van der Waals surface area contributed by atoms with Crippen LogP contribution >= 0.6 is 0 Å². The van der Waals surface area contributed by atoms with E-state index < -0.39 is 0 Å². The smallest absolute Gasteiger partial charge is 0.139 e. The molecule has 1 aromatic heterocycles. The van der Waals surface area contributed by atoms with Crippen molar-refractivity contribution in [2.75, 3.05) is 0 Å². The normalized spacial score (nSPS) is 12.0. The zero-order chi connectivity index (χ0) is 15.0. The molecule has 0 atom stereocenters. The van der Waals surface area contributed by atoms with Crippen molar-refractivity contribution in [2.45, 2.75) is 20.8 Å². The molecular formula is C18H17NO2. The number of hydrogen-bond donors (Lipinski definition) is 1. The van der Waals surface area contributed by atoms with Gasteiger partial charge in [0.05, 0.1) is 0 Å². The quantitative estimate of drug-likeness (QED) is 0.532. The van der Waals surface area contributed by atoms with Crippen molar-refractivity contribution in [2.24, 2.45) is 5.16 Å². The molecule has 0 amide bonds. The summed E-state index contributed by atoms with van der Waals surface area (Å²) >= 11 is 0. The maximum absolute atomic E-state index is 9.32. The Labute approximate surface area is 123 Å². The van der Waals surface area contributed by atoms with Crippen LogP contribution in [0.2, 0.25) is 0 Å². The fraction of sp³-hybridized carbons (Fsp3) is 0.167. The van der Waals surface area contributed by atoms with Crippen molar-refractivity contribution in [3.05, 3.63) is 64.5 Å². The lowest BCUT2D eigenvalue weighted by molar-refractivity contribution is 0.302. The number of rotatable bonds is 1. The summed E-state index contributed by atoms with van der Waals surface area (Å²) < 4.78 is 6.04. The topological polar surface area (TPSA) is 45.7 Å². The minimum absolute atomic E-state index is 0.527. The van der Waals surface area contributed by atoms with Crippen LogP contribution in [0.25, 0.3) is 22.3 Å². The molecule has 0 bridgehead atoms. The van der Waals surface area contributed by atoms with Gasteiger partial charge >= 0.3 is 0 Å². The number of benzene rings is 2. The summed E-state index contributed by atoms with van der Waals surface area (Å²) in [6.07, 6.45) is 0. The first-order valence-electron chi connectivity index (χ1n) is 6.89. The van der Waals surface area contributed by atoms with Gasteiger partial charge in [-0.15, -0.1) is 0 Å². The Hall–Kier alpha value is -2.55. The van der Waals surface area contributed by atoms with Gasteiger partial charge in [0.25, 0.3) is 0 Å². The molecular weight excluding hydrogens is 262 g/mol. The van der Waals surface area contributed by atoms with E-state index >= 15 is 0 Å². The fourth-order valence-electron chi connectivity index (χ4n) is 2.56. The maximum atomic E-state index is 9.32. The molecule has 0 aliphatic heterocycles. The van der Waals surface area contributed by atoms with Crippen molar-refractivity contribution in [1.29, 1.82) is 0 Å². The summed E-state index contributed by atoms with van der Waals surface area (Å²) in [5, 5.41) is 14.1. The van der Waals surface area contributed by atoms with Gasteiger partial charge in [0.1, 0.15) is 16.7 Å². The first-order valence-corrected chi connectivity index (χ1v) is 6.89. The number of aryl methyl sites for hydroxylation is 3. The fourth-order valence-corrected chi connectivity index (χ4v) is 2.56. The highest BCUT2D eigenvalue weighted by atomic mass is 16.4. The van der Waals surface area contributed by atoms with E-state index in [4.69, 9.17) is 4.42 Å². The van der Waals surface area contributed by atoms with Gasteiger partial charge < -0.3 is 9.62 Å². The third-order valence-corrected chi connectivity index (χ3v) is 3.62. The summed E-state index contributed by atoms with van der Waals surface area (Å²) in [5.41, 5.74) is 5.06. The van der Waals surface area contributed by atoms with Crippen molar-refractivity contribution >= 4 is 11.0 Å². The molecule has 3 nitrogen and oxygen atoms in total. The van der Waals surface area contributed by atoms with Gasteiger partial charge in [0, 0.05) is 17.0 Å². The molecule has 1 N–H and O–H groups in total. The Morgan fingerprint density at radius 2 is 1.62 bits per heavy atom. The lowest BCUT2D eigenvalue weighted by Gasteiger charge is -2.08. The lowest BCUT2D eigenvalue weighted by Crippen LogP contribution is -2.04. The zero-order valence-electron chi connectivity index (χ0n) is 12.3. The molecule has 0 spiro atoms. The summed E-state index contributed by atoms with van der Waals surface area (Å²) in [4.78, 5) is 0. The number of nitrogens with zero attached hydrogens (tertiary/aromatic N) is 1. The summed E-state index contributed by atoms with van der Waals surface area (Å²) in [6, 6.07) is 13.9. The summed E-state index contributed by atoms with van der Waals surface area (Å²) in [6.45, 7) is 6.06. The van der Waals surface area contributed by atoms with Gasteiger partial charge in [0.15, 0.2) is 0 Å². The van der Waals surface area contributed by atoms with Crippen LogP contribution in [0.5, 0.6) is 0 Å². The van der Waals surface area contributed by atoms with E-state index in [2.05, 4.69) is 11.2 Å². The molecule has 0 aliphatic rings. The average molecular weight is 279 g/mol. The Morgan fingerprint density at radius 3 is 2.29 bits per heavy atom. The standard InChI is InChI=1S/C18H17NO2/c1-11-4-6-14(7-5-11)17-10-16(19-20)15-9-12(2)8-13(3)18(15)21-17/h4-10,20H,1-3H3. The van der Waals surface area contributed by atoms with Crippen LogP contribution in [-0.4, -0.2) is 5.21 Å². The van der Waals surface area contributed by atoms with Crippen LogP contribution in [0, 0.1) is 20.8 Å². The number of fused-ring (bicyclic) bond motifs is 1. The first-order chi connectivity index (χ1) is 10.1. The summed E-state index contributed by atoms with van der Waals surface area (Å²) in [7, 11) is 0. The Bertz CT molecular complexity index is 874. The van der Waals surface area contributed by atoms with E-state index in [1.807, 2.05) is 51.1 Å². The third-order valence-electron chi connectivity index (χ3n) is 3.62. The van der Waals surface area contributed by atoms with Crippen molar-refractivity contribution in [3.8, 4) is 11.3 Å². The van der Waals surface area contributed by atoms with E-state index in [-0.39, 0.29) is 0 Å². The van der Waals surface area contributed by atoms with E-state index in [0.717, 1.165) is 27.7 Å². The highest BCUT2D eigenvalue weighted by Crippen LogP contribution is 2.25. The first kappa shape index (κ1) is 13.4. The van der Waals surface area contributed by atoms with Crippen LogP contribution in [0.1, 0.15) is 16.7 Å².